The van der Waals surface area contributed by atoms with Crippen molar-refractivity contribution in [1.29, 1.82) is 0 Å². The molecule has 6 heteroatoms. The predicted molar refractivity (Wildman–Crippen MR) is 130 cm³/mol. The van der Waals surface area contributed by atoms with Gasteiger partial charge in [-0.25, -0.2) is 17.6 Å². The summed E-state index contributed by atoms with van der Waals surface area (Å²) in [6.07, 6.45) is 8.48. The van der Waals surface area contributed by atoms with Crippen molar-refractivity contribution in [3.05, 3.63) is 58.7 Å². The average Bonchev–Trinajstić information content (AvgIpc) is 2.87. The Bertz CT molecular complexity index is 993. The van der Waals surface area contributed by atoms with E-state index in [2.05, 4.69) is 13.8 Å². The summed E-state index contributed by atoms with van der Waals surface area (Å²) in [5.74, 6) is -4.80. The van der Waals surface area contributed by atoms with Gasteiger partial charge in [-0.3, -0.25) is 0 Å². The molecule has 0 radical (unpaired) electrons. The zero-order valence-electron chi connectivity index (χ0n) is 20.7. The Kier molecular flexibility index (Phi) is 8.87. The van der Waals surface area contributed by atoms with Crippen LogP contribution in [-0.4, -0.2) is 25.4 Å². The summed E-state index contributed by atoms with van der Waals surface area (Å²) in [5, 5.41) is 0. The zero-order chi connectivity index (χ0) is 24.9. The smallest absolute Gasteiger partial charge is 0.167 e. The standard InChI is InChI=1S/C29H36F4O2/c1-3-5-7-21-11-9-19(17-35-21)23-13-15-25(29(33)27(23)31)24-14-12-22(26(30)28(24)32)18-8-10-20(6-4-2)34-16-18/h12-15,18-21H,3-11,16-17H2,1-2H3. The van der Waals surface area contributed by atoms with Crippen molar-refractivity contribution < 1.29 is 27.0 Å². The SMILES string of the molecule is CCCCC1CCC(c2ccc(-c3ccc(C4CCC(CCC)OC4)c(F)c3F)c(F)c2F)CO1. The van der Waals surface area contributed by atoms with Crippen LogP contribution in [0.15, 0.2) is 24.3 Å². The van der Waals surface area contributed by atoms with Crippen molar-refractivity contribution in [2.45, 2.75) is 95.7 Å². The monoisotopic (exact) mass is 492 g/mol. The van der Waals surface area contributed by atoms with E-state index in [0.29, 0.717) is 26.1 Å². The summed E-state index contributed by atoms with van der Waals surface area (Å²) in [7, 11) is 0. The molecule has 2 saturated heterocycles. The topological polar surface area (TPSA) is 18.5 Å². The fourth-order valence-electron chi connectivity index (χ4n) is 5.49. The third kappa shape index (κ3) is 5.75. The first-order valence-corrected chi connectivity index (χ1v) is 13.1. The normalized spacial score (nSPS) is 25.1. The molecule has 0 N–H and O–H groups in total. The lowest BCUT2D eigenvalue weighted by molar-refractivity contribution is -0.00260. The van der Waals surface area contributed by atoms with Crippen LogP contribution in [0.1, 0.15) is 94.6 Å². The van der Waals surface area contributed by atoms with Crippen LogP contribution in [0.2, 0.25) is 0 Å². The third-order valence-corrected chi connectivity index (χ3v) is 7.62. The first kappa shape index (κ1) is 26.2. The van der Waals surface area contributed by atoms with Gasteiger partial charge in [0.2, 0.25) is 0 Å². The number of hydrogen-bond donors (Lipinski definition) is 0. The Hall–Kier alpha value is -1.92. The van der Waals surface area contributed by atoms with Crippen molar-refractivity contribution in [1.82, 2.24) is 0 Å². The highest BCUT2D eigenvalue weighted by atomic mass is 19.2. The molecule has 2 aliphatic rings. The van der Waals surface area contributed by atoms with E-state index in [4.69, 9.17) is 9.47 Å². The van der Waals surface area contributed by atoms with E-state index < -0.39 is 23.3 Å². The lowest BCUT2D eigenvalue weighted by Crippen LogP contribution is -2.25. The van der Waals surface area contributed by atoms with Gasteiger partial charge in [-0.1, -0.05) is 57.4 Å². The third-order valence-electron chi connectivity index (χ3n) is 7.62. The number of unbranched alkanes of at least 4 members (excludes halogenated alkanes) is 1. The Balaban J connectivity index is 1.50. The molecular weight excluding hydrogens is 456 g/mol. The minimum Gasteiger partial charge on any atom is -0.378 e. The molecular formula is C29H36F4O2. The molecule has 2 fully saturated rings. The molecule has 35 heavy (non-hydrogen) atoms. The second-order valence-corrected chi connectivity index (χ2v) is 10.1. The van der Waals surface area contributed by atoms with Crippen LogP contribution in [-0.2, 0) is 9.47 Å². The minimum absolute atomic E-state index is 0.163. The number of ether oxygens (including phenoxy) is 2. The maximum Gasteiger partial charge on any atom is 0.167 e. The van der Waals surface area contributed by atoms with Gasteiger partial charge >= 0.3 is 0 Å². The van der Waals surface area contributed by atoms with E-state index >= 15 is 17.6 Å². The fourth-order valence-corrected chi connectivity index (χ4v) is 5.49. The lowest BCUT2D eigenvalue weighted by atomic mass is 9.87. The molecule has 4 rings (SSSR count). The van der Waals surface area contributed by atoms with Gasteiger partial charge in [-0.2, -0.15) is 0 Å². The summed E-state index contributed by atoms with van der Waals surface area (Å²) in [6.45, 7) is 4.89. The Morgan fingerprint density at radius 2 is 1.11 bits per heavy atom. The Labute approximate surface area is 206 Å². The number of hydrogen-bond acceptors (Lipinski definition) is 2. The van der Waals surface area contributed by atoms with Crippen molar-refractivity contribution in [2.75, 3.05) is 13.2 Å². The van der Waals surface area contributed by atoms with E-state index in [-0.39, 0.29) is 46.3 Å². The highest BCUT2D eigenvalue weighted by Crippen LogP contribution is 2.38. The maximum absolute atomic E-state index is 15.1. The Morgan fingerprint density at radius 1 is 0.629 bits per heavy atom. The molecule has 0 aromatic heterocycles. The van der Waals surface area contributed by atoms with Crippen LogP contribution >= 0.6 is 0 Å². The zero-order valence-corrected chi connectivity index (χ0v) is 20.7. The van der Waals surface area contributed by atoms with Crippen molar-refractivity contribution >= 4 is 0 Å². The summed E-state index contributed by atoms with van der Waals surface area (Å²) < 4.78 is 72.0. The van der Waals surface area contributed by atoms with Gasteiger partial charge in [0.05, 0.1) is 25.4 Å². The summed E-state index contributed by atoms with van der Waals surface area (Å²) >= 11 is 0. The largest absolute Gasteiger partial charge is 0.378 e. The minimum atomic E-state index is -1.15. The van der Waals surface area contributed by atoms with Gasteiger partial charge in [0, 0.05) is 23.0 Å². The second kappa shape index (κ2) is 11.9. The number of benzene rings is 2. The molecule has 2 heterocycles. The molecule has 2 aliphatic heterocycles. The highest BCUT2D eigenvalue weighted by Gasteiger charge is 2.30. The molecule has 0 saturated carbocycles. The molecule has 4 unspecified atom stereocenters. The van der Waals surface area contributed by atoms with Gasteiger partial charge in [0.15, 0.2) is 23.3 Å². The van der Waals surface area contributed by atoms with Crippen LogP contribution in [0.25, 0.3) is 11.1 Å². The number of rotatable bonds is 8. The van der Waals surface area contributed by atoms with Crippen LogP contribution in [0.5, 0.6) is 0 Å². The van der Waals surface area contributed by atoms with Gasteiger partial charge in [0.25, 0.3) is 0 Å². The van der Waals surface area contributed by atoms with Crippen LogP contribution in [0, 0.1) is 23.3 Å². The summed E-state index contributed by atoms with van der Waals surface area (Å²) in [5.41, 5.74) is -0.0710. The van der Waals surface area contributed by atoms with Gasteiger partial charge in [-0.05, 0) is 49.7 Å². The van der Waals surface area contributed by atoms with Crippen molar-refractivity contribution in [2.24, 2.45) is 0 Å². The predicted octanol–water partition coefficient (Wildman–Crippen LogP) is 8.43. The van der Waals surface area contributed by atoms with E-state index in [1.807, 2.05) is 0 Å². The average molecular weight is 493 g/mol. The molecule has 0 amide bonds. The van der Waals surface area contributed by atoms with E-state index in [9.17, 15) is 0 Å². The van der Waals surface area contributed by atoms with Crippen molar-refractivity contribution in [3.63, 3.8) is 0 Å². The van der Waals surface area contributed by atoms with E-state index in [0.717, 1.165) is 44.9 Å². The molecule has 2 aromatic rings. The quantitative estimate of drug-likeness (QED) is 0.344. The first-order chi connectivity index (χ1) is 16.9. The van der Waals surface area contributed by atoms with Gasteiger partial charge < -0.3 is 9.47 Å². The maximum atomic E-state index is 15.1. The van der Waals surface area contributed by atoms with Gasteiger partial charge in [-0.15, -0.1) is 0 Å². The summed E-state index contributed by atoms with van der Waals surface area (Å²) in [6, 6.07) is 5.68. The van der Waals surface area contributed by atoms with E-state index in [1.165, 1.54) is 24.3 Å². The molecule has 0 aliphatic carbocycles. The highest BCUT2D eigenvalue weighted by molar-refractivity contribution is 5.66. The second-order valence-electron chi connectivity index (χ2n) is 10.1. The summed E-state index contributed by atoms with van der Waals surface area (Å²) in [4.78, 5) is 0. The molecule has 0 spiro atoms. The molecule has 192 valence electrons. The van der Waals surface area contributed by atoms with Crippen molar-refractivity contribution in [3.8, 4) is 11.1 Å². The van der Waals surface area contributed by atoms with E-state index in [1.54, 1.807) is 0 Å². The molecule has 0 bridgehead atoms. The van der Waals surface area contributed by atoms with Crippen LogP contribution < -0.4 is 0 Å². The fraction of sp³-hybridized carbons (Fsp3) is 0.586. The molecule has 2 aromatic carbocycles. The van der Waals surface area contributed by atoms with Gasteiger partial charge in [0.1, 0.15) is 0 Å². The lowest BCUT2D eigenvalue weighted by Gasteiger charge is -2.30. The molecule has 2 nitrogen and oxygen atoms in total. The molecule has 4 atom stereocenters. The number of halogens is 4. The first-order valence-electron chi connectivity index (χ1n) is 13.1. The van der Waals surface area contributed by atoms with Crippen LogP contribution in [0.3, 0.4) is 0 Å². The Morgan fingerprint density at radius 3 is 1.51 bits per heavy atom. The van der Waals surface area contributed by atoms with Crippen LogP contribution in [0.4, 0.5) is 17.6 Å².